The summed E-state index contributed by atoms with van der Waals surface area (Å²) in [5.74, 6) is 0. The molecule has 1 aliphatic heterocycles. The number of nitrogens with zero attached hydrogens (tertiary/aromatic N) is 3. The van der Waals surface area contributed by atoms with Crippen molar-refractivity contribution >= 4 is 31.5 Å². The van der Waals surface area contributed by atoms with E-state index in [0.717, 1.165) is 19.4 Å². The fourth-order valence-electron chi connectivity index (χ4n) is 2.77. The molecule has 0 saturated carbocycles. The Hall–Kier alpha value is 0.410. The van der Waals surface area contributed by atoms with Gasteiger partial charge in [0.05, 0.1) is 25.7 Å². The third-order valence-electron chi connectivity index (χ3n) is 4.60. The topological polar surface area (TPSA) is 67.2 Å². The average molecular weight is 561 g/mol. The Morgan fingerprint density at radius 2 is 1.83 bits per heavy atom. The van der Waals surface area contributed by atoms with Gasteiger partial charge in [-0.2, -0.15) is 8.48 Å². The van der Waals surface area contributed by atoms with Crippen molar-refractivity contribution in [3.63, 3.8) is 0 Å². The van der Waals surface area contributed by atoms with Crippen molar-refractivity contribution in [1.82, 2.24) is 9.57 Å². The zero-order valence-corrected chi connectivity index (χ0v) is 23.4. The summed E-state index contributed by atoms with van der Waals surface area (Å²) in [5, 5.41) is 8.70. The van der Waals surface area contributed by atoms with Gasteiger partial charge < -0.3 is 9.05 Å². The smallest absolute Gasteiger partial charge is 0.260 e. The summed E-state index contributed by atoms with van der Waals surface area (Å²) in [6, 6.07) is 2.71. The van der Waals surface area contributed by atoms with E-state index in [-0.39, 0.29) is 6.23 Å². The third kappa shape index (κ3) is 14.5. The molecule has 3 unspecified atom stereocenters. The molecular weight excluding hydrogens is 516 g/mol. The Morgan fingerprint density at radius 1 is 1.20 bits per heavy atom. The highest BCUT2D eigenvalue weighted by molar-refractivity contribution is 14.1. The maximum atomic E-state index is 8.70. The second-order valence-electron chi connectivity index (χ2n) is 6.97. The molecule has 1 saturated heterocycles. The quantitative estimate of drug-likeness (QED) is 0.0803. The van der Waals surface area contributed by atoms with E-state index < -0.39 is 8.53 Å². The molecule has 0 spiro atoms. The predicted molar refractivity (Wildman–Crippen MR) is 134 cm³/mol. The summed E-state index contributed by atoms with van der Waals surface area (Å²) in [6.45, 7) is 16.6. The first-order valence-electron chi connectivity index (χ1n) is 11.3. The van der Waals surface area contributed by atoms with Gasteiger partial charge in [-0.3, -0.25) is 4.90 Å². The highest BCUT2D eigenvalue weighted by Gasteiger charge is 2.36. The first kappa shape index (κ1) is 32.6. The normalized spacial score (nSPS) is 19.7. The molecule has 1 aliphatic rings. The molecule has 3 atom stereocenters. The Morgan fingerprint density at radius 3 is 2.27 bits per heavy atom. The Kier molecular flexibility index (Phi) is 24.5. The van der Waals surface area contributed by atoms with Gasteiger partial charge in [0.25, 0.3) is 8.53 Å². The Bertz CT molecular complexity index is 414. The number of unbranched alkanes of at least 4 members (excludes halogenated alkanes) is 2. The molecule has 0 aromatic rings. The lowest BCUT2D eigenvalue weighted by atomic mass is 10.2. The minimum absolute atomic E-state index is 0.0113. The van der Waals surface area contributed by atoms with Gasteiger partial charge in [-0.25, -0.2) is 9.56 Å². The fraction of sp³-hybridized carbons (Fsp3) is 0.952. The van der Waals surface area contributed by atoms with E-state index >= 15 is 0 Å². The van der Waals surface area contributed by atoms with Crippen LogP contribution in [0.3, 0.4) is 0 Å². The Labute approximate surface area is 201 Å². The minimum atomic E-state index is -1.18. The van der Waals surface area contributed by atoms with E-state index in [9.17, 15) is 0 Å². The van der Waals surface area contributed by atoms with E-state index in [1.54, 1.807) is 23.0 Å². The number of halogens is 1. The number of nitriles is 1. The molecular formula is C21H45IN3O4P. The van der Waals surface area contributed by atoms with Crippen molar-refractivity contribution in [2.45, 2.75) is 105 Å². The van der Waals surface area contributed by atoms with Gasteiger partial charge >= 0.3 is 0 Å². The van der Waals surface area contributed by atoms with Crippen LogP contribution in [0.2, 0.25) is 0 Å². The molecule has 0 radical (unpaired) electrons. The van der Waals surface area contributed by atoms with Crippen molar-refractivity contribution in [2.75, 3.05) is 26.8 Å². The van der Waals surface area contributed by atoms with Crippen LogP contribution in [-0.2, 0) is 17.2 Å². The van der Waals surface area contributed by atoms with Crippen molar-refractivity contribution in [3.05, 3.63) is 0 Å². The van der Waals surface area contributed by atoms with Gasteiger partial charge in [0, 0.05) is 12.1 Å². The van der Waals surface area contributed by atoms with E-state index in [1.807, 2.05) is 20.9 Å². The molecule has 0 aromatic carbocycles. The molecule has 0 aromatic heterocycles. The summed E-state index contributed by atoms with van der Waals surface area (Å²) in [7, 11) is 0.817. The van der Waals surface area contributed by atoms with E-state index in [2.05, 4.69) is 50.3 Å². The van der Waals surface area contributed by atoms with Crippen LogP contribution < -0.4 is 0 Å². The first-order chi connectivity index (χ1) is 14.5. The van der Waals surface area contributed by atoms with E-state index in [1.165, 1.54) is 19.3 Å². The maximum Gasteiger partial charge on any atom is 0.260 e. The van der Waals surface area contributed by atoms with Crippen LogP contribution in [0.1, 0.15) is 87.0 Å². The predicted octanol–water partition coefficient (Wildman–Crippen LogP) is 6.83. The van der Waals surface area contributed by atoms with Gasteiger partial charge in [0.2, 0.25) is 0 Å². The van der Waals surface area contributed by atoms with Gasteiger partial charge in [-0.1, -0.05) is 53.9 Å². The largest absolute Gasteiger partial charge is 0.321 e. The van der Waals surface area contributed by atoms with Crippen LogP contribution in [0.25, 0.3) is 0 Å². The second-order valence-corrected chi connectivity index (χ2v) is 8.90. The molecule has 180 valence electrons. The van der Waals surface area contributed by atoms with E-state index in [4.69, 9.17) is 22.4 Å². The number of rotatable bonds is 13. The van der Waals surface area contributed by atoms with Gasteiger partial charge in [-0.15, -0.1) is 0 Å². The summed E-state index contributed by atoms with van der Waals surface area (Å²) >= 11 is 1.73. The molecule has 0 amide bonds. The van der Waals surface area contributed by atoms with Crippen LogP contribution in [0.4, 0.5) is 0 Å². The molecule has 0 aliphatic carbocycles. The second kappa shape index (κ2) is 22.6. The van der Waals surface area contributed by atoms with Crippen LogP contribution in [0.5, 0.6) is 0 Å². The van der Waals surface area contributed by atoms with Crippen LogP contribution >= 0.6 is 31.5 Å². The molecule has 7 nitrogen and oxygen atoms in total. The number of likely N-dealkylation sites (N-methyl/N-ethyl adjacent to an activating group) is 1. The molecule has 1 rings (SSSR count). The standard InChI is InChI=1S/C14H27IN3O4P.C5H12.C2H6/c1-5-18-13(11-19-22-15)7-8-14(18)21-23(17(4)12(2)3)20-10-6-9-16;1-3-5-4-2;1-2/h12-14H,5-8,10-11H2,1-4H3;3-5H2,1-2H3;1-2H3. The molecule has 1 heterocycles. The lowest BCUT2D eigenvalue weighted by molar-refractivity contribution is -0.181. The van der Waals surface area contributed by atoms with Gasteiger partial charge in [0.1, 0.15) is 6.23 Å². The lowest BCUT2D eigenvalue weighted by Crippen LogP contribution is -2.40. The van der Waals surface area contributed by atoms with Crippen LogP contribution in [0, 0.1) is 11.3 Å². The monoisotopic (exact) mass is 561 g/mol. The van der Waals surface area contributed by atoms with Crippen LogP contribution in [0.15, 0.2) is 0 Å². The number of likely N-dealkylation sites (tertiary alicyclic amines) is 1. The summed E-state index contributed by atoms with van der Waals surface area (Å²) in [6.07, 6.45) is 6.41. The van der Waals surface area contributed by atoms with Gasteiger partial charge in [-0.05, 0) is 40.3 Å². The van der Waals surface area contributed by atoms with Crippen molar-refractivity contribution < 1.29 is 17.2 Å². The summed E-state index contributed by atoms with van der Waals surface area (Å²) < 4.78 is 18.9. The third-order valence-corrected chi connectivity index (χ3v) is 6.65. The Balaban J connectivity index is 0. The maximum absolute atomic E-state index is 8.70. The minimum Gasteiger partial charge on any atom is -0.321 e. The summed E-state index contributed by atoms with van der Waals surface area (Å²) in [4.78, 5) is 7.37. The first-order valence-corrected chi connectivity index (χ1v) is 13.3. The van der Waals surface area contributed by atoms with Crippen molar-refractivity contribution in [1.29, 1.82) is 5.26 Å². The fourth-order valence-corrected chi connectivity index (χ4v) is 4.37. The highest BCUT2D eigenvalue weighted by atomic mass is 127. The number of hydrogen-bond acceptors (Lipinski definition) is 7. The summed E-state index contributed by atoms with van der Waals surface area (Å²) in [5.41, 5.74) is 0. The molecule has 1 fully saturated rings. The van der Waals surface area contributed by atoms with Gasteiger partial charge in [0.15, 0.2) is 23.0 Å². The number of hydrogen-bond donors (Lipinski definition) is 0. The zero-order chi connectivity index (χ0) is 23.4. The molecule has 30 heavy (non-hydrogen) atoms. The van der Waals surface area contributed by atoms with Crippen molar-refractivity contribution in [2.24, 2.45) is 0 Å². The zero-order valence-electron chi connectivity index (χ0n) is 20.4. The molecule has 9 heteroatoms. The van der Waals surface area contributed by atoms with Crippen molar-refractivity contribution in [3.8, 4) is 6.07 Å². The average Bonchev–Trinajstić information content (AvgIpc) is 3.14. The SMILES string of the molecule is CC.CCCCC.CCN1C(COOI)CCC1OP(OCCC#N)N(C)C(C)C. The highest BCUT2D eigenvalue weighted by Crippen LogP contribution is 2.46. The van der Waals surface area contributed by atoms with E-state index in [0.29, 0.717) is 31.7 Å². The van der Waals surface area contributed by atoms with Crippen LogP contribution in [-0.4, -0.2) is 54.7 Å². The molecule has 0 N–H and O–H groups in total. The molecule has 0 bridgehead atoms. The lowest BCUT2D eigenvalue weighted by Gasteiger charge is -2.34.